The molecule has 1 saturated carbocycles. The van der Waals surface area contributed by atoms with Gasteiger partial charge < -0.3 is 10.2 Å². The Balaban J connectivity index is 2.58. The zero-order valence-electron chi connectivity index (χ0n) is 7.33. The van der Waals surface area contributed by atoms with Crippen LogP contribution in [-0.4, -0.2) is 22.4 Å². The molecule has 0 aliphatic heterocycles. The topological polar surface area (TPSA) is 40.5 Å². The summed E-state index contributed by atoms with van der Waals surface area (Å²) in [6.45, 7) is 3.98. The Morgan fingerprint density at radius 1 is 1.09 bits per heavy atom. The monoisotopic (exact) mass is 158 g/mol. The van der Waals surface area contributed by atoms with Crippen molar-refractivity contribution in [2.45, 2.75) is 45.3 Å². The number of hydrogen-bond acceptors (Lipinski definition) is 2. The maximum Gasteiger partial charge on any atom is 0.0615 e. The second-order valence-electron chi connectivity index (χ2n) is 3.83. The SMILES string of the molecule is CC1CCCC(O)C(C)C1O. The lowest BCUT2D eigenvalue weighted by Gasteiger charge is -2.23. The highest BCUT2D eigenvalue weighted by Crippen LogP contribution is 2.27. The molecule has 0 heterocycles. The number of hydrogen-bond donors (Lipinski definition) is 2. The highest BCUT2D eigenvalue weighted by Gasteiger charge is 2.29. The Hall–Kier alpha value is -0.0800. The van der Waals surface area contributed by atoms with Crippen LogP contribution in [0.3, 0.4) is 0 Å². The zero-order chi connectivity index (χ0) is 8.43. The summed E-state index contributed by atoms with van der Waals surface area (Å²) < 4.78 is 0. The van der Waals surface area contributed by atoms with Gasteiger partial charge in [-0.25, -0.2) is 0 Å². The van der Waals surface area contributed by atoms with Crippen LogP contribution in [0.4, 0.5) is 0 Å². The molecule has 2 nitrogen and oxygen atoms in total. The predicted octanol–water partition coefficient (Wildman–Crippen LogP) is 1.16. The van der Waals surface area contributed by atoms with Crippen molar-refractivity contribution in [3.8, 4) is 0 Å². The molecule has 4 atom stereocenters. The van der Waals surface area contributed by atoms with Crippen LogP contribution in [-0.2, 0) is 0 Å². The lowest BCUT2D eigenvalue weighted by molar-refractivity contribution is 0.00523. The predicted molar refractivity (Wildman–Crippen MR) is 44.2 cm³/mol. The molecular formula is C9H18O2. The molecule has 0 aromatic rings. The Morgan fingerprint density at radius 3 is 2.36 bits per heavy atom. The van der Waals surface area contributed by atoms with Crippen molar-refractivity contribution >= 4 is 0 Å². The van der Waals surface area contributed by atoms with Crippen LogP contribution in [0.2, 0.25) is 0 Å². The van der Waals surface area contributed by atoms with Crippen molar-refractivity contribution in [1.29, 1.82) is 0 Å². The van der Waals surface area contributed by atoms with E-state index in [0.29, 0.717) is 5.92 Å². The molecule has 0 aromatic carbocycles. The van der Waals surface area contributed by atoms with E-state index in [1.54, 1.807) is 0 Å². The molecule has 1 aliphatic rings. The van der Waals surface area contributed by atoms with Crippen LogP contribution in [0.15, 0.2) is 0 Å². The second kappa shape index (κ2) is 3.55. The van der Waals surface area contributed by atoms with Gasteiger partial charge in [-0.15, -0.1) is 0 Å². The van der Waals surface area contributed by atoms with Gasteiger partial charge in [0.25, 0.3) is 0 Å². The first kappa shape index (κ1) is 9.01. The first-order valence-corrected chi connectivity index (χ1v) is 4.49. The molecule has 0 spiro atoms. The quantitative estimate of drug-likeness (QED) is 0.519. The molecule has 0 radical (unpaired) electrons. The van der Waals surface area contributed by atoms with Crippen LogP contribution in [0.5, 0.6) is 0 Å². The number of aliphatic hydroxyl groups excluding tert-OH is 2. The summed E-state index contributed by atoms with van der Waals surface area (Å²) in [6.07, 6.45) is 2.33. The molecule has 1 aliphatic carbocycles. The van der Waals surface area contributed by atoms with Crippen molar-refractivity contribution in [3.63, 3.8) is 0 Å². The standard InChI is InChI=1S/C9H18O2/c1-6-4-3-5-8(10)7(2)9(6)11/h6-11H,3-5H2,1-2H3. The smallest absolute Gasteiger partial charge is 0.0615 e. The van der Waals surface area contributed by atoms with E-state index < -0.39 is 0 Å². The fraction of sp³-hybridized carbons (Fsp3) is 1.00. The van der Waals surface area contributed by atoms with Crippen LogP contribution in [0.25, 0.3) is 0 Å². The third kappa shape index (κ3) is 1.94. The highest BCUT2D eigenvalue weighted by molar-refractivity contribution is 4.80. The highest BCUT2D eigenvalue weighted by atomic mass is 16.3. The molecule has 1 fully saturated rings. The van der Waals surface area contributed by atoms with Gasteiger partial charge in [-0.3, -0.25) is 0 Å². The molecular weight excluding hydrogens is 140 g/mol. The minimum Gasteiger partial charge on any atom is -0.393 e. The maximum atomic E-state index is 9.64. The van der Waals surface area contributed by atoms with Gasteiger partial charge in [0.2, 0.25) is 0 Å². The fourth-order valence-corrected chi connectivity index (χ4v) is 1.83. The zero-order valence-corrected chi connectivity index (χ0v) is 7.33. The minimum atomic E-state index is -0.313. The summed E-state index contributed by atoms with van der Waals surface area (Å²) in [6, 6.07) is 0. The summed E-state index contributed by atoms with van der Waals surface area (Å²) in [5.74, 6) is 0.398. The van der Waals surface area contributed by atoms with Gasteiger partial charge in [-0.2, -0.15) is 0 Å². The first-order chi connectivity index (χ1) is 5.13. The average Bonchev–Trinajstić information content (AvgIpc) is 2.07. The number of aliphatic hydroxyl groups is 2. The Bertz CT molecular complexity index is 111. The van der Waals surface area contributed by atoms with Crippen molar-refractivity contribution in [2.75, 3.05) is 0 Å². The van der Waals surface area contributed by atoms with E-state index in [1.165, 1.54) is 0 Å². The molecule has 2 heteroatoms. The van der Waals surface area contributed by atoms with Gasteiger partial charge in [-0.05, 0) is 18.8 Å². The molecule has 1 rings (SSSR count). The molecule has 11 heavy (non-hydrogen) atoms. The van der Waals surface area contributed by atoms with E-state index >= 15 is 0 Å². The molecule has 0 amide bonds. The third-order valence-electron chi connectivity index (χ3n) is 2.89. The van der Waals surface area contributed by atoms with Crippen LogP contribution in [0.1, 0.15) is 33.1 Å². The van der Waals surface area contributed by atoms with Gasteiger partial charge >= 0.3 is 0 Å². The Morgan fingerprint density at radius 2 is 1.73 bits per heavy atom. The van der Waals surface area contributed by atoms with E-state index in [4.69, 9.17) is 0 Å². The molecule has 4 unspecified atom stereocenters. The van der Waals surface area contributed by atoms with Gasteiger partial charge in [0.05, 0.1) is 12.2 Å². The molecule has 2 N–H and O–H groups in total. The van der Waals surface area contributed by atoms with Gasteiger partial charge in [0.1, 0.15) is 0 Å². The summed E-state index contributed by atoms with van der Waals surface area (Å²) in [5, 5.41) is 19.1. The lowest BCUT2D eigenvalue weighted by Crippen LogP contribution is -2.31. The molecule has 0 bridgehead atoms. The summed E-state index contributed by atoms with van der Waals surface area (Å²) in [4.78, 5) is 0. The summed E-state index contributed by atoms with van der Waals surface area (Å²) in [7, 11) is 0. The minimum absolute atomic E-state index is 0.0486. The van der Waals surface area contributed by atoms with Crippen LogP contribution >= 0.6 is 0 Å². The van der Waals surface area contributed by atoms with Crippen LogP contribution < -0.4 is 0 Å². The van der Waals surface area contributed by atoms with Crippen LogP contribution in [0, 0.1) is 11.8 Å². The van der Waals surface area contributed by atoms with Crippen molar-refractivity contribution in [2.24, 2.45) is 11.8 Å². The average molecular weight is 158 g/mol. The van der Waals surface area contributed by atoms with Gasteiger partial charge in [-0.1, -0.05) is 20.3 Å². The largest absolute Gasteiger partial charge is 0.393 e. The second-order valence-corrected chi connectivity index (χ2v) is 3.83. The maximum absolute atomic E-state index is 9.64. The summed E-state index contributed by atoms with van der Waals surface area (Å²) in [5.41, 5.74) is 0. The van der Waals surface area contributed by atoms with Gasteiger partial charge in [0.15, 0.2) is 0 Å². The van der Waals surface area contributed by atoms with E-state index in [1.807, 2.05) is 6.92 Å². The van der Waals surface area contributed by atoms with E-state index in [0.717, 1.165) is 19.3 Å². The van der Waals surface area contributed by atoms with E-state index in [-0.39, 0.29) is 18.1 Å². The lowest BCUT2D eigenvalue weighted by atomic mass is 9.91. The Kier molecular flexibility index (Phi) is 2.90. The first-order valence-electron chi connectivity index (χ1n) is 4.49. The van der Waals surface area contributed by atoms with Crippen molar-refractivity contribution in [1.82, 2.24) is 0 Å². The normalized spacial score (nSPS) is 46.9. The fourth-order valence-electron chi connectivity index (χ4n) is 1.83. The van der Waals surface area contributed by atoms with Crippen molar-refractivity contribution in [3.05, 3.63) is 0 Å². The number of rotatable bonds is 0. The van der Waals surface area contributed by atoms with E-state index in [9.17, 15) is 10.2 Å². The molecule has 66 valence electrons. The Labute approximate surface area is 68.2 Å². The third-order valence-corrected chi connectivity index (χ3v) is 2.89. The van der Waals surface area contributed by atoms with Crippen molar-refractivity contribution < 1.29 is 10.2 Å². The van der Waals surface area contributed by atoms with Gasteiger partial charge in [0, 0.05) is 5.92 Å². The van der Waals surface area contributed by atoms with E-state index in [2.05, 4.69) is 6.92 Å². The molecule has 0 aromatic heterocycles. The molecule has 0 saturated heterocycles. The summed E-state index contributed by atoms with van der Waals surface area (Å²) >= 11 is 0.